The molecule has 2 N–H and O–H groups in total. The van der Waals surface area contributed by atoms with E-state index in [1.165, 1.54) is 30.3 Å². The minimum atomic E-state index is -3.82. The molecule has 0 aliphatic carbocycles. The number of benzene rings is 3. The monoisotopic (exact) mass is 358 g/mol. The van der Waals surface area contributed by atoms with E-state index in [1.54, 1.807) is 12.1 Å². The molecule has 5 nitrogen and oxygen atoms in total. The molecule has 1 amide bonds. The number of sulfonamides is 1. The summed E-state index contributed by atoms with van der Waals surface area (Å²) in [7, 11) is -3.82. The van der Waals surface area contributed by atoms with Crippen molar-refractivity contribution in [2.75, 3.05) is 11.9 Å². The number of amides is 1. The van der Waals surface area contributed by atoms with Crippen LogP contribution in [-0.4, -0.2) is 20.9 Å². The Labute approximate surface area is 144 Å². The van der Waals surface area contributed by atoms with Gasteiger partial charge in [-0.1, -0.05) is 30.3 Å². The highest BCUT2D eigenvalue weighted by atomic mass is 32.2. The van der Waals surface area contributed by atoms with Gasteiger partial charge in [0.25, 0.3) is 0 Å². The molecule has 128 valence electrons. The van der Waals surface area contributed by atoms with Crippen LogP contribution in [0.1, 0.15) is 0 Å². The molecule has 0 heterocycles. The number of hydrogen-bond acceptors (Lipinski definition) is 3. The zero-order valence-corrected chi connectivity index (χ0v) is 13.9. The molecule has 0 saturated heterocycles. The Balaban J connectivity index is 1.68. The number of anilines is 1. The van der Waals surface area contributed by atoms with Crippen molar-refractivity contribution in [3.63, 3.8) is 0 Å². The van der Waals surface area contributed by atoms with Gasteiger partial charge in [-0.2, -0.15) is 0 Å². The van der Waals surface area contributed by atoms with Crippen LogP contribution in [0.4, 0.5) is 10.1 Å². The van der Waals surface area contributed by atoms with Crippen molar-refractivity contribution < 1.29 is 17.6 Å². The quantitative estimate of drug-likeness (QED) is 0.736. The Morgan fingerprint density at radius 2 is 1.60 bits per heavy atom. The number of fused-ring (bicyclic) bond motifs is 1. The van der Waals surface area contributed by atoms with Crippen LogP contribution >= 0.6 is 0 Å². The maximum Gasteiger partial charge on any atom is 0.241 e. The van der Waals surface area contributed by atoms with Crippen LogP contribution in [0.2, 0.25) is 0 Å². The number of halogens is 1. The summed E-state index contributed by atoms with van der Waals surface area (Å²) in [5, 5.41) is 4.21. The SMILES string of the molecule is O=C(CNS(=O)(=O)c1ccc2ccccc2c1)Nc1ccc(F)cc1. The summed E-state index contributed by atoms with van der Waals surface area (Å²) in [5.41, 5.74) is 0.385. The average molecular weight is 358 g/mol. The molecule has 7 heteroatoms. The summed E-state index contributed by atoms with van der Waals surface area (Å²) in [6.07, 6.45) is 0. The fraction of sp³-hybridized carbons (Fsp3) is 0.0556. The second-order valence-corrected chi connectivity index (χ2v) is 7.16. The minimum Gasteiger partial charge on any atom is -0.325 e. The molecule has 0 unspecified atom stereocenters. The Morgan fingerprint density at radius 3 is 2.32 bits per heavy atom. The Kier molecular flexibility index (Phi) is 4.78. The fourth-order valence-electron chi connectivity index (χ4n) is 2.32. The first kappa shape index (κ1) is 17.1. The van der Waals surface area contributed by atoms with Crippen molar-refractivity contribution in [1.29, 1.82) is 0 Å². The predicted molar refractivity (Wildman–Crippen MR) is 94.2 cm³/mol. The average Bonchev–Trinajstić information content (AvgIpc) is 2.62. The van der Waals surface area contributed by atoms with Gasteiger partial charge >= 0.3 is 0 Å². The second kappa shape index (κ2) is 7.00. The van der Waals surface area contributed by atoms with Gasteiger partial charge < -0.3 is 5.32 Å². The third-order valence-electron chi connectivity index (χ3n) is 3.58. The van der Waals surface area contributed by atoms with Gasteiger partial charge in [-0.3, -0.25) is 4.79 Å². The van der Waals surface area contributed by atoms with Gasteiger partial charge in [0, 0.05) is 5.69 Å². The molecule has 0 saturated carbocycles. The highest BCUT2D eigenvalue weighted by Gasteiger charge is 2.16. The molecule has 0 aromatic heterocycles. The third-order valence-corrected chi connectivity index (χ3v) is 4.98. The van der Waals surface area contributed by atoms with Gasteiger partial charge in [-0.25, -0.2) is 17.5 Å². The molecule has 0 fully saturated rings. The number of carbonyl (C=O) groups is 1. The van der Waals surface area contributed by atoms with E-state index >= 15 is 0 Å². The van der Waals surface area contributed by atoms with Gasteiger partial charge in [0.2, 0.25) is 15.9 Å². The lowest BCUT2D eigenvalue weighted by atomic mass is 10.1. The summed E-state index contributed by atoms with van der Waals surface area (Å²) < 4.78 is 39.8. The lowest BCUT2D eigenvalue weighted by molar-refractivity contribution is -0.115. The van der Waals surface area contributed by atoms with E-state index in [0.29, 0.717) is 5.69 Å². The second-order valence-electron chi connectivity index (χ2n) is 5.39. The summed E-state index contributed by atoms with van der Waals surface area (Å²) in [6, 6.07) is 17.3. The Bertz CT molecular complexity index is 1020. The molecule has 3 aromatic carbocycles. The summed E-state index contributed by atoms with van der Waals surface area (Å²) >= 11 is 0. The molecule has 0 aliphatic heterocycles. The molecule has 3 aromatic rings. The predicted octanol–water partition coefficient (Wildman–Crippen LogP) is 2.90. The fourth-order valence-corrected chi connectivity index (χ4v) is 3.33. The molecule has 0 aliphatic rings. The van der Waals surface area contributed by atoms with Crippen LogP contribution in [-0.2, 0) is 14.8 Å². The molecular weight excluding hydrogens is 343 g/mol. The zero-order chi connectivity index (χ0) is 17.9. The van der Waals surface area contributed by atoms with Crippen LogP contribution in [0.5, 0.6) is 0 Å². The van der Waals surface area contributed by atoms with Gasteiger partial charge in [0.1, 0.15) is 5.82 Å². The molecule has 3 rings (SSSR count). The van der Waals surface area contributed by atoms with Crippen LogP contribution in [0.15, 0.2) is 71.6 Å². The van der Waals surface area contributed by atoms with Crippen LogP contribution in [0.3, 0.4) is 0 Å². The molecule has 0 spiro atoms. The first-order valence-electron chi connectivity index (χ1n) is 7.48. The number of nitrogens with one attached hydrogen (secondary N) is 2. The van der Waals surface area contributed by atoms with E-state index in [1.807, 2.05) is 24.3 Å². The maximum atomic E-state index is 12.8. The Morgan fingerprint density at radius 1 is 0.920 bits per heavy atom. The number of carbonyl (C=O) groups excluding carboxylic acids is 1. The maximum absolute atomic E-state index is 12.8. The highest BCUT2D eigenvalue weighted by Crippen LogP contribution is 2.18. The molecule has 25 heavy (non-hydrogen) atoms. The van der Waals surface area contributed by atoms with Gasteiger partial charge in [-0.05, 0) is 47.2 Å². The standard InChI is InChI=1S/C18H15FN2O3S/c19-15-6-8-16(9-7-15)21-18(22)12-20-25(23,24)17-10-5-13-3-1-2-4-14(13)11-17/h1-11,20H,12H2,(H,21,22). The minimum absolute atomic E-state index is 0.0841. The molecule has 0 radical (unpaired) electrons. The van der Waals surface area contributed by atoms with Crippen molar-refractivity contribution in [2.24, 2.45) is 0 Å². The van der Waals surface area contributed by atoms with E-state index in [9.17, 15) is 17.6 Å². The first-order valence-corrected chi connectivity index (χ1v) is 8.96. The van der Waals surface area contributed by atoms with Crippen LogP contribution in [0.25, 0.3) is 10.8 Å². The molecular formula is C18H15FN2O3S. The van der Waals surface area contributed by atoms with Gasteiger partial charge in [0.05, 0.1) is 11.4 Å². The first-order chi connectivity index (χ1) is 11.9. The normalized spacial score (nSPS) is 11.4. The third kappa shape index (κ3) is 4.20. The molecule has 0 atom stereocenters. The summed E-state index contributed by atoms with van der Waals surface area (Å²) in [6.45, 7) is -0.424. The lowest BCUT2D eigenvalue weighted by Crippen LogP contribution is -2.32. The van der Waals surface area contributed by atoms with Gasteiger partial charge in [0.15, 0.2) is 0 Å². The van der Waals surface area contributed by atoms with E-state index < -0.39 is 28.3 Å². The topological polar surface area (TPSA) is 75.3 Å². The van der Waals surface area contributed by atoms with E-state index in [-0.39, 0.29) is 4.90 Å². The Hall–Kier alpha value is -2.77. The summed E-state index contributed by atoms with van der Waals surface area (Å²) in [4.78, 5) is 11.9. The number of rotatable bonds is 5. The summed E-state index contributed by atoms with van der Waals surface area (Å²) in [5.74, 6) is -0.967. The largest absolute Gasteiger partial charge is 0.325 e. The number of hydrogen-bond donors (Lipinski definition) is 2. The zero-order valence-electron chi connectivity index (χ0n) is 13.1. The molecule has 0 bridgehead atoms. The van der Waals surface area contributed by atoms with Crippen molar-refractivity contribution >= 4 is 32.4 Å². The van der Waals surface area contributed by atoms with E-state index in [2.05, 4.69) is 10.0 Å². The van der Waals surface area contributed by atoms with Crippen molar-refractivity contribution in [2.45, 2.75) is 4.90 Å². The van der Waals surface area contributed by atoms with Gasteiger partial charge in [-0.15, -0.1) is 0 Å². The van der Waals surface area contributed by atoms with Crippen LogP contribution in [0, 0.1) is 5.82 Å². The van der Waals surface area contributed by atoms with Crippen molar-refractivity contribution in [1.82, 2.24) is 4.72 Å². The van der Waals surface area contributed by atoms with E-state index in [0.717, 1.165) is 10.8 Å². The smallest absolute Gasteiger partial charge is 0.241 e. The highest BCUT2D eigenvalue weighted by molar-refractivity contribution is 7.89. The van der Waals surface area contributed by atoms with Crippen molar-refractivity contribution in [3.8, 4) is 0 Å². The van der Waals surface area contributed by atoms with E-state index in [4.69, 9.17) is 0 Å². The van der Waals surface area contributed by atoms with Crippen molar-refractivity contribution in [3.05, 3.63) is 72.5 Å². The van der Waals surface area contributed by atoms with Crippen LogP contribution < -0.4 is 10.0 Å². The lowest BCUT2D eigenvalue weighted by Gasteiger charge is -2.09.